The van der Waals surface area contributed by atoms with Crippen molar-refractivity contribution in [2.75, 3.05) is 132 Å². The van der Waals surface area contributed by atoms with Crippen molar-refractivity contribution in [3.05, 3.63) is 35.4 Å². The van der Waals surface area contributed by atoms with Crippen LogP contribution in [0.4, 0.5) is 0 Å². The summed E-state index contributed by atoms with van der Waals surface area (Å²) in [6, 6.07) is 5.98. The number of carbonyl (C=O) groups is 2. The van der Waals surface area contributed by atoms with Gasteiger partial charge in [0.1, 0.15) is 13.2 Å². The summed E-state index contributed by atoms with van der Waals surface area (Å²) >= 11 is 0. The van der Waals surface area contributed by atoms with Crippen molar-refractivity contribution in [2.45, 2.75) is 0 Å². The van der Waals surface area contributed by atoms with Gasteiger partial charge >= 0.3 is 11.9 Å². The van der Waals surface area contributed by atoms with E-state index in [9.17, 15) is 9.59 Å². The number of carbonyl (C=O) groups excluding carboxylic acids is 2. The molecule has 1 aromatic rings. The zero-order chi connectivity index (χ0) is 30.4. The molecule has 2 N–H and O–H groups in total. The molecule has 242 valence electrons. The molecule has 0 amide bonds. The second kappa shape index (κ2) is 28.9. The van der Waals surface area contributed by atoms with Crippen LogP contribution in [0.15, 0.2) is 24.3 Å². The van der Waals surface area contributed by atoms with Gasteiger partial charge in [0.2, 0.25) is 0 Å². The minimum atomic E-state index is -0.524. The van der Waals surface area contributed by atoms with Crippen LogP contribution in [0.2, 0.25) is 0 Å². The first kappa shape index (κ1) is 37.8. The van der Waals surface area contributed by atoms with Crippen molar-refractivity contribution in [3.63, 3.8) is 0 Å². The summed E-state index contributed by atoms with van der Waals surface area (Å²) in [5.74, 6) is -1.05. The summed E-state index contributed by atoms with van der Waals surface area (Å²) in [6.45, 7) is 6.14. The van der Waals surface area contributed by atoms with Gasteiger partial charge in [-0.2, -0.15) is 0 Å². The van der Waals surface area contributed by atoms with Crippen LogP contribution in [0.25, 0.3) is 0 Å². The summed E-state index contributed by atoms with van der Waals surface area (Å²) in [7, 11) is 0. The lowest BCUT2D eigenvalue weighted by Crippen LogP contribution is -2.15. The Kier molecular flexibility index (Phi) is 26.0. The predicted molar refractivity (Wildman–Crippen MR) is 148 cm³/mol. The minimum Gasteiger partial charge on any atom is -0.460 e. The molecule has 0 bridgehead atoms. The minimum absolute atomic E-state index is 0.00550. The first-order valence-corrected chi connectivity index (χ1v) is 14.0. The van der Waals surface area contributed by atoms with Gasteiger partial charge in [0, 0.05) is 0 Å². The standard InChI is InChI=1S/C28H46O14/c29-5-7-33-9-11-35-13-15-37-17-19-39-21-23-41-27(31)25-1-2-26(4-3-25)28(32)42-24-22-40-20-18-38-16-14-36-12-10-34-8-6-30/h1-4,29-30H,5-24H2. The molecule has 0 aliphatic heterocycles. The maximum atomic E-state index is 12.2. The molecular weight excluding hydrogens is 560 g/mol. The Labute approximate surface area is 247 Å². The normalized spacial score (nSPS) is 11.1. The monoisotopic (exact) mass is 606 g/mol. The van der Waals surface area contributed by atoms with E-state index in [-0.39, 0.29) is 39.6 Å². The average molecular weight is 607 g/mol. The van der Waals surface area contributed by atoms with Crippen molar-refractivity contribution >= 4 is 11.9 Å². The predicted octanol–water partition coefficient (Wildman–Crippen LogP) is 0.118. The summed E-state index contributed by atoms with van der Waals surface area (Å²) in [5, 5.41) is 17.2. The van der Waals surface area contributed by atoms with E-state index in [0.717, 1.165) is 0 Å². The van der Waals surface area contributed by atoms with Gasteiger partial charge in [-0.3, -0.25) is 0 Å². The number of aliphatic hydroxyl groups is 2. The van der Waals surface area contributed by atoms with Crippen LogP contribution in [-0.2, 0) is 47.4 Å². The molecule has 0 aliphatic carbocycles. The third-order valence-corrected chi connectivity index (χ3v) is 4.98. The molecule has 0 radical (unpaired) electrons. The van der Waals surface area contributed by atoms with Crippen LogP contribution in [0, 0.1) is 0 Å². The Bertz CT molecular complexity index is 698. The summed E-state index contributed by atoms with van der Waals surface area (Å²) in [4.78, 5) is 24.3. The highest BCUT2D eigenvalue weighted by molar-refractivity contribution is 5.93. The average Bonchev–Trinajstić information content (AvgIpc) is 3.01. The van der Waals surface area contributed by atoms with E-state index in [4.69, 9.17) is 57.6 Å². The van der Waals surface area contributed by atoms with Gasteiger partial charge in [-0.1, -0.05) is 0 Å². The Hall–Kier alpha value is -2.24. The fourth-order valence-electron chi connectivity index (χ4n) is 2.95. The third-order valence-electron chi connectivity index (χ3n) is 4.98. The van der Waals surface area contributed by atoms with Gasteiger partial charge in [-0.05, 0) is 24.3 Å². The lowest BCUT2D eigenvalue weighted by molar-refractivity contribution is -0.0114. The summed E-state index contributed by atoms with van der Waals surface area (Å²) < 4.78 is 52.5. The highest BCUT2D eigenvalue weighted by Gasteiger charge is 2.11. The highest BCUT2D eigenvalue weighted by Crippen LogP contribution is 2.07. The third kappa shape index (κ3) is 22.4. The van der Waals surface area contributed by atoms with Gasteiger partial charge < -0.3 is 57.6 Å². The zero-order valence-electron chi connectivity index (χ0n) is 24.2. The smallest absolute Gasteiger partial charge is 0.338 e. The first-order valence-electron chi connectivity index (χ1n) is 14.0. The van der Waals surface area contributed by atoms with Gasteiger partial charge in [-0.15, -0.1) is 0 Å². The molecule has 0 unspecified atom stereocenters. The van der Waals surface area contributed by atoms with Crippen LogP contribution in [0.5, 0.6) is 0 Å². The molecule has 0 aliphatic rings. The Morgan fingerprint density at radius 1 is 0.381 bits per heavy atom. The van der Waals surface area contributed by atoms with Crippen molar-refractivity contribution in [1.82, 2.24) is 0 Å². The Morgan fingerprint density at radius 2 is 0.595 bits per heavy atom. The molecule has 1 aromatic carbocycles. The Balaban J connectivity index is 1.97. The zero-order valence-corrected chi connectivity index (χ0v) is 24.2. The van der Waals surface area contributed by atoms with E-state index in [1.807, 2.05) is 0 Å². The van der Waals surface area contributed by atoms with E-state index in [1.165, 1.54) is 24.3 Å². The molecule has 14 heteroatoms. The molecule has 0 saturated carbocycles. The second-order valence-corrected chi connectivity index (χ2v) is 8.20. The number of benzene rings is 1. The molecule has 1 rings (SSSR count). The van der Waals surface area contributed by atoms with E-state index in [0.29, 0.717) is 104 Å². The number of rotatable bonds is 30. The maximum Gasteiger partial charge on any atom is 0.338 e. The fraction of sp³-hybridized carbons (Fsp3) is 0.714. The van der Waals surface area contributed by atoms with E-state index >= 15 is 0 Å². The number of ether oxygens (including phenoxy) is 10. The summed E-state index contributed by atoms with van der Waals surface area (Å²) in [6.07, 6.45) is 0. The molecule has 0 heterocycles. The molecule has 0 saturated heterocycles. The van der Waals surface area contributed by atoms with Gasteiger partial charge in [0.25, 0.3) is 0 Å². The number of hydrogen-bond donors (Lipinski definition) is 2. The van der Waals surface area contributed by atoms with E-state index in [1.54, 1.807) is 0 Å². The molecule has 14 nitrogen and oxygen atoms in total. The fourth-order valence-corrected chi connectivity index (χ4v) is 2.95. The number of aliphatic hydroxyl groups excluding tert-OH is 2. The Morgan fingerprint density at radius 3 is 0.833 bits per heavy atom. The highest BCUT2D eigenvalue weighted by atomic mass is 16.6. The molecule has 0 aromatic heterocycles. The van der Waals surface area contributed by atoms with Crippen molar-refractivity contribution < 1.29 is 67.2 Å². The molecule has 0 atom stereocenters. The van der Waals surface area contributed by atoms with Crippen LogP contribution in [0.3, 0.4) is 0 Å². The second-order valence-electron chi connectivity index (χ2n) is 8.20. The van der Waals surface area contributed by atoms with Gasteiger partial charge in [-0.25, -0.2) is 9.59 Å². The quantitative estimate of drug-likeness (QED) is 0.0895. The first-order chi connectivity index (χ1) is 20.7. The SMILES string of the molecule is O=C(OCCOCCOCCOCCOCCO)c1ccc(C(=O)OCCOCCOCCOCCOCCO)cc1. The largest absolute Gasteiger partial charge is 0.460 e. The molecule has 0 fully saturated rings. The van der Waals surface area contributed by atoms with Gasteiger partial charge in [0.15, 0.2) is 0 Å². The van der Waals surface area contributed by atoms with Crippen molar-refractivity contribution in [2.24, 2.45) is 0 Å². The van der Waals surface area contributed by atoms with Gasteiger partial charge in [0.05, 0.1) is 130 Å². The van der Waals surface area contributed by atoms with E-state index < -0.39 is 11.9 Å². The number of esters is 2. The maximum absolute atomic E-state index is 12.2. The topological polar surface area (TPSA) is 167 Å². The molecular formula is C28H46O14. The van der Waals surface area contributed by atoms with Crippen molar-refractivity contribution in [1.29, 1.82) is 0 Å². The van der Waals surface area contributed by atoms with Crippen LogP contribution in [0.1, 0.15) is 20.7 Å². The van der Waals surface area contributed by atoms with Crippen molar-refractivity contribution in [3.8, 4) is 0 Å². The lowest BCUT2D eigenvalue weighted by Gasteiger charge is -2.09. The lowest BCUT2D eigenvalue weighted by atomic mass is 10.1. The van der Waals surface area contributed by atoms with E-state index in [2.05, 4.69) is 0 Å². The van der Waals surface area contributed by atoms with Crippen LogP contribution >= 0.6 is 0 Å². The number of hydrogen-bond acceptors (Lipinski definition) is 14. The van der Waals surface area contributed by atoms with Crippen LogP contribution in [-0.4, -0.2) is 154 Å². The molecule has 42 heavy (non-hydrogen) atoms. The molecule has 0 spiro atoms. The van der Waals surface area contributed by atoms with Crippen LogP contribution < -0.4 is 0 Å². The summed E-state index contributed by atoms with van der Waals surface area (Å²) in [5.41, 5.74) is 0.612.